The molecule has 0 aliphatic rings. The van der Waals surface area contributed by atoms with E-state index in [0.29, 0.717) is 6.54 Å². The van der Waals surface area contributed by atoms with Gasteiger partial charge in [0.1, 0.15) is 0 Å². The number of benzene rings is 1. The Kier molecular flexibility index (Phi) is 6.04. The van der Waals surface area contributed by atoms with Crippen molar-refractivity contribution in [2.75, 3.05) is 6.54 Å². The minimum atomic E-state index is -0.698. The number of urea groups is 1. The Bertz CT molecular complexity index is 817. The molecule has 0 aliphatic heterocycles. The van der Waals surface area contributed by atoms with Gasteiger partial charge in [0.05, 0.1) is 24.9 Å². The Morgan fingerprint density at radius 3 is 2.81 bits per heavy atom. The lowest BCUT2D eigenvalue weighted by Crippen LogP contribution is -2.38. The summed E-state index contributed by atoms with van der Waals surface area (Å²) in [6, 6.07) is 11.4. The second-order valence-electron chi connectivity index (χ2n) is 6.11. The highest BCUT2D eigenvalue weighted by Gasteiger charge is 2.14. The number of carbonyl (C=O) groups excluding carboxylic acids is 1. The normalized spacial score (nSPS) is 13.2. The molecule has 1 aromatic carbocycles. The van der Waals surface area contributed by atoms with Crippen LogP contribution in [-0.2, 0) is 6.54 Å². The van der Waals surface area contributed by atoms with Crippen LogP contribution in [0.4, 0.5) is 4.79 Å². The lowest BCUT2D eigenvalue weighted by Gasteiger charge is -2.15. The summed E-state index contributed by atoms with van der Waals surface area (Å²) in [4.78, 5) is 12.0. The maximum atomic E-state index is 12.0. The third-order valence-electron chi connectivity index (χ3n) is 4.07. The van der Waals surface area contributed by atoms with Gasteiger partial charge in [-0.25, -0.2) is 4.79 Å². The molecule has 3 aromatic rings. The molecule has 2 heterocycles. The fourth-order valence-electron chi connectivity index (χ4n) is 2.56. The minimum absolute atomic E-state index is 0.169. The van der Waals surface area contributed by atoms with Crippen LogP contribution in [0.25, 0.3) is 0 Å². The Morgan fingerprint density at radius 1 is 1.27 bits per heavy atom. The van der Waals surface area contributed by atoms with Gasteiger partial charge in [-0.2, -0.15) is 16.4 Å². The first-order chi connectivity index (χ1) is 12.6. The summed E-state index contributed by atoms with van der Waals surface area (Å²) in [6.07, 6.45) is 2.99. The molecular formula is C19H22N4O2S. The maximum absolute atomic E-state index is 12.0. The molecule has 3 rings (SSSR count). The summed E-state index contributed by atoms with van der Waals surface area (Å²) in [6.45, 7) is 2.76. The monoisotopic (exact) mass is 370 g/mol. The van der Waals surface area contributed by atoms with Gasteiger partial charge >= 0.3 is 6.03 Å². The van der Waals surface area contributed by atoms with Gasteiger partial charge in [-0.3, -0.25) is 4.68 Å². The Morgan fingerprint density at radius 2 is 2.08 bits per heavy atom. The zero-order valence-corrected chi connectivity index (χ0v) is 15.3. The number of nitrogens with one attached hydrogen (secondary N) is 2. The van der Waals surface area contributed by atoms with E-state index in [1.807, 2.05) is 52.8 Å². The van der Waals surface area contributed by atoms with E-state index in [0.717, 1.165) is 11.1 Å². The average Bonchev–Trinajstić information content (AvgIpc) is 3.32. The molecule has 26 heavy (non-hydrogen) atoms. The molecule has 136 valence electrons. The zero-order chi connectivity index (χ0) is 18.4. The lowest BCUT2D eigenvalue weighted by atomic mass is 10.2. The van der Waals surface area contributed by atoms with Crippen LogP contribution in [0.3, 0.4) is 0 Å². The van der Waals surface area contributed by atoms with Crippen LogP contribution < -0.4 is 10.6 Å². The second-order valence-corrected chi connectivity index (χ2v) is 6.89. The van der Waals surface area contributed by atoms with E-state index in [4.69, 9.17) is 0 Å². The quantitative estimate of drug-likeness (QED) is 0.598. The van der Waals surface area contributed by atoms with Crippen LogP contribution in [0, 0.1) is 0 Å². The van der Waals surface area contributed by atoms with Crippen LogP contribution >= 0.6 is 11.3 Å². The Hall–Kier alpha value is -2.64. The smallest absolute Gasteiger partial charge is 0.315 e. The zero-order valence-electron chi connectivity index (χ0n) is 14.5. The lowest BCUT2D eigenvalue weighted by molar-refractivity contribution is 0.173. The third-order valence-corrected chi connectivity index (χ3v) is 4.77. The molecule has 0 unspecified atom stereocenters. The SMILES string of the molecule is C[C@@H](NC(=O)NC[C@H](O)c1ccsc1)c1cnn(Cc2ccccc2)c1. The number of carbonyl (C=O) groups is 1. The van der Waals surface area contributed by atoms with Gasteiger partial charge in [-0.15, -0.1) is 0 Å². The first-order valence-corrected chi connectivity index (χ1v) is 9.37. The van der Waals surface area contributed by atoms with E-state index in [2.05, 4.69) is 27.9 Å². The molecule has 0 fully saturated rings. The van der Waals surface area contributed by atoms with E-state index in [9.17, 15) is 9.90 Å². The standard InChI is InChI=1S/C19H22N4O2S/c1-14(22-19(25)20-10-18(24)16-7-8-26-13-16)17-9-21-23(12-17)11-15-5-3-2-4-6-15/h2-9,12-14,18,24H,10-11H2,1H3,(H2,20,22,25)/t14-,18+/m1/s1. The van der Waals surface area contributed by atoms with Crippen molar-refractivity contribution >= 4 is 17.4 Å². The summed E-state index contributed by atoms with van der Waals surface area (Å²) >= 11 is 1.52. The number of nitrogens with zero attached hydrogens (tertiary/aromatic N) is 2. The molecule has 7 heteroatoms. The number of amides is 2. The number of aliphatic hydroxyl groups is 1. The first-order valence-electron chi connectivity index (χ1n) is 8.42. The molecule has 0 radical (unpaired) electrons. The molecule has 0 saturated carbocycles. The van der Waals surface area contributed by atoms with Crippen LogP contribution in [-0.4, -0.2) is 27.5 Å². The van der Waals surface area contributed by atoms with Gasteiger partial charge < -0.3 is 15.7 Å². The molecule has 0 spiro atoms. The van der Waals surface area contributed by atoms with Gasteiger partial charge in [0, 0.05) is 18.3 Å². The van der Waals surface area contributed by atoms with E-state index in [-0.39, 0.29) is 18.6 Å². The maximum Gasteiger partial charge on any atom is 0.315 e. The third kappa shape index (κ3) is 4.93. The summed E-state index contributed by atoms with van der Waals surface area (Å²) in [5.41, 5.74) is 2.91. The van der Waals surface area contributed by atoms with Crippen molar-refractivity contribution in [1.82, 2.24) is 20.4 Å². The summed E-state index contributed by atoms with van der Waals surface area (Å²) in [5, 5.41) is 23.7. The van der Waals surface area contributed by atoms with Crippen LogP contribution in [0.15, 0.2) is 59.6 Å². The average molecular weight is 370 g/mol. The molecular weight excluding hydrogens is 348 g/mol. The summed E-state index contributed by atoms with van der Waals surface area (Å²) in [5.74, 6) is 0. The van der Waals surface area contributed by atoms with Crippen molar-refractivity contribution in [3.8, 4) is 0 Å². The number of aliphatic hydroxyl groups excluding tert-OH is 1. The van der Waals surface area contributed by atoms with Gasteiger partial charge in [-0.1, -0.05) is 30.3 Å². The van der Waals surface area contributed by atoms with Gasteiger partial charge in [0.15, 0.2) is 0 Å². The van der Waals surface area contributed by atoms with E-state index >= 15 is 0 Å². The van der Waals surface area contributed by atoms with Crippen LogP contribution in [0.1, 0.15) is 35.8 Å². The number of hydrogen-bond donors (Lipinski definition) is 3. The first kappa shape index (κ1) is 18.2. The minimum Gasteiger partial charge on any atom is -0.387 e. The second kappa shape index (κ2) is 8.64. The number of thiophene rings is 1. The van der Waals surface area contributed by atoms with Crippen molar-refractivity contribution in [3.05, 3.63) is 76.2 Å². The Labute approximate surface area is 156 Å². The molecule has 3 N–H and O–H groups in total. The molecule has 6 nitrogen and oxygen atoms in total. The fraction of sp³-hybridized carbons (Fsp3) is 0.263. The largest absolute Gasteiger partial charge is 0.387 e. The predicted molar refractivity (Wildman–Crippen MR) is 102 cm³/mol. The summed E-state index contributed by atoms with van der Waals surface area (Å²) in [7, 11) is 0. The van der Waals surface area contributed by atoms with Crippen molar-refractivity contribution in [1.29, 1.82) is 0 Å². The number of hydrogen-bond acceptors (Lipinski definition) is 4. The molecule has 2 atom stereocenters. The van der Waals surface area contributed by atoms with Gasteiger partial charge in [-0.05, 0) is 34.9 Å². The van der Waals surface area contributed by atoms with Crippen LogP contribution in [0.5, 0.6) is 0 Å². The van der Waals surface area contributed by atoms with Crippen molar-refractivity contribution in [3.63, 3.8) is 0 Å². The highest BCUT2D eigenvalue weighted by Crippen LogP contribution is 2.15. The number of aromatic nitrogens is 2. The topological polar surface area (TPSA) is 79.2 Å². The molecule has 2 amide bonds. The van der Waals surface area contributed by atoms with E-state index < -0.39 is 6.10 Å². The van der Waals surface area contributed by atoms with Crippen molar-refractivity contribution in [2.45, 2.75) is 25.6 Å². The summed E-state index contributed by atoms with van der Waals surface area (Å²) < 4.78 is 1.85. The molecule has 0 saturated heterocycles. The number of rotatable bonds is 7. The van der Waals surface area contributed by atoms with E-state index in [1.54, 1.807) is 6.20 Å². The fourth-order valence-corrected chi connectivity index (χ4v) is 3.27. The van der Waals surface area contributed by atoms with Crippen LogP contribution in [0.2, 0.25) is 0 Å². The highest BCUT2D eigenvalue weighted by molar-refractivity contribution is 7.07. The van der Waals surface area contributed by atoms with Crippen molar-refractivity contribution < 1.29 is 9.90 Å². The van der Waals surface area contributed by atoms with E-state index in [1.165, 1.54) is 16.9 Å². The van der Waals surface area contributed by atoms with Gasteiger partial charge in [0.25, 0.3) is 0 Å². The molecule has 2 aromatic heterocycles. The molecule has 0 aliphatic carbocycles. The highest BCUT2D eigenvalue weighted by atomic mass is 32.1. The van der Waals surface area contributed by atoms with Crippen molar-refractivity contribution in [2.24, 2.45) is 0 Å². The Balaban J connectivity index is 1.48. The molecule has 0 bridgehead atoms. The van der Waals surface area contributed by atoms with Gasteiger partial charge in [0.2, 0.25) is 0 Å². The predicted octanol–water partition coefficient (Wildman–Crippen LogP) is 3.09.